The van der Waals surface area contributed by atoms with E-state index < -0.39 is 0 Å². The van der Waals surface area contributed by atoms with Gasteiger partial charge < -0.3 is 10.1 Å². The zero-order chi connectivity index (χ0) is 14.7. The lowest BCUT2D eigenvalue weighted by atomic mass is 10.0. The number of fused-ring (bicyclic) bond motifs is 1. The van der Waals surface area contributed by atoms with Gasteiger partial charge in [0.15, 0.2) is 5.69 Å². The topological polar surface area (TPSA) is 64.1 Å². The first-order chi connectivity index (χ1) is 10.3. The summed E-state index contributed by atoms with van der Waals surface area (Å²) in [4.78, 5) is 21.0. The van der Waals surface area contributed by atoms with E-state index in [1.165, 1.54) is 39.2 Å². The Morgan fingerprint density at radius 2 is 2.10 bits per heavy atom. The Kier molecular flexibility index (Phi) is 4.75. The van der Waals surface area contributed by atoms with E-state index in [1.807, 2.05) is 11.8 Å². The van der Waals surface area contributed by atoms with E-state index in [0.717, 1.165) is 28.1 Å². The second-order valence-corrected chi connectivity index (χ2v) is 6.87. The molecule has 0 radical (unpaired) electrons. The number of hydrogen-bond acceptors (Lipinski definition) is 6. The van der Waals surface area contributed by atoms with Crippen molar-refractivity contribution in [1.82, 2.24) is 15.3 Å². The van der Waals surface area contributed by atoms with Gasteiger partial charge in [-0.25, -0.2) is 14.8 Å². The molecular formula is C15H21N3O2S. The van der Waals surface area contributed by atoms with Gasteiger partial charge in [-0.1, -0.05) is 19.3 Å². The molecule has 6 heteroatoms. The molecule has 0 spiro atoms. The number of esters is 1. The molecule has 0 aromatic carbocycles. The first-order valence-electron chi connectivity index (χ1n) is 7.57. The van der Waals surface area contributed by atoms with Crippen LogP contribution >= 0.6 is 11.8 Å². The normalized spacial score (nSPS) is 18.5. The minimum absolute atomic E-state index is 0.360. The summed E-state index contributed by atoms with van der Waals surface area (Å²) in [7, 11) is 1.40. The van der Waals surface area contributed by atoms with Crippen molar-refractivity contribution in [2.75, 3.05) is 7.11 Å². The molecule has 1 aliphatic carbocycles. The zero-order valence-electron chi connectivity index (χ0n) is 12.4. The van der Waals surface area contributed by atoms with E-state index >= 15 is 0 Å². The van der Waals surface area contributed by atoms with Gasteiger partial charge in [0.05, 0.1) is 18.6 Å². The maximum absolute atomic E-state index is 11.9. The fraction of sp³-hybridized carbons (Fsp3) is 0.667. The molecule has 0 saturated heterocycles. The molecule has 114 valence electrons. The third-order valence-corrected chi connectivity index (χ3v) is 5.48. The molecule has 0 atom stereocenters. The standard InChI is InChI=1S/C15H21N3O2S/c1-20-15(19)14-11-7-16-8-12(11)17-13(18-14)9-21-10-5-3-2-4-6-10/h10,16H,2-9H2,1H3. The molecule has 0 amide bonds. The van der Waals surface area contributed by atoms with Crippen LogP contribution in [-0.4, -0.2) is 28.3 Å². The van der Waals surface area contributed by atoms with Crippen LogP contribution in [0, 0.1) is 0 Å². The molecular weight excluding hydrogens is 286 g/mol. The lowest BCUT2D eigenvalue weighted by Crippen LogP contribution is -2.14. The zero-order valence-corrected chi connectivity index (χ0v) is 13.2. The Bertz CT molecular complexity index is 530. The van der Waals surface area contributed by atoms with Crippen LogP contribution in [0.15, 0.2) is 0 Å². The maximum atomic E-state index is 11.9. The Hall–Kier alpha value is -1.14. The van der Waals surface area contributed by atoms with Crippen LogP contribution in [0.4, 0.5) is 0 Å². The SMILES string of the molecule is COC(=O)c1nc(CSC2CCCCC2)nc2c1CNC2. The van der Waals surface area contributed by atoms with Crippen molar-refractivity contribution in [3.05, 3.63) is 22.8 Å². The molecule has 3 rings (SSSR count). The Morgan fingerprint density at radius 1 is 1.29 bits per heavy atom. The van der Waals surface area contributed by atoms with Crippen molar-refractivity contribution in [1.29, 1.82) is 0 Å². The Labute approximate surface area is 129 Å². The van der Waals surface area contributed by atoms with Gasteiger partial charge in [-0.3, -0.25) is 0 Å². The first kappa shape index (κ1) is 14.8. The van der Waals surface area contributed by atoms with Crippen LogP contribution in [0.2, 0.25) is 0 Å². The van der Waals surface area contributed by atoms with Crippen LogP contribution in [-0.2, 0) is 23.6 Å². The largest absolute Gasteiger partial charge is 0.464 e. The Balaban J connectivity index is 1.74. The predicted molar refractivity (Wildman–Crippen MR) is 82.1 cm³/mol. The lowest BCUT2D eigenvalue weighted by Gasteiger charge is -2.20. The van der Waals surface area contributed by atoms with Crippen LogP contribution in [0.1, 0.15) is 59.7 Å². The monoisotopic (exact) mass is 307 g/mol. The van der Waals surface area contributed by atoms with Crippen molar-refractivity contribution in [2.24, 2.45) is 0 Å². The van der Waals surface area contributed by atoms with E-state index in [0.29, 0.717) is 18.8 Å². The third kappa shape index (κ3) is 3.37. The van der Waals surface area contributed by atoms with Gasteiger partial charge >= 0.3 is 5.97 Å². The van der Waals surface area contributed by atoms with E-state index in [-0.39, 0.29) is 5.97 Å². The van der Waals surface area contributed by atoms with Crippen molar-refractivity contribution in [3.8, 4) is 0 Å². The average molecular weight is 307 g/mol. The fourth-order valence-corrected chi connectivity index (χ4v) is 4.15. The van der Waals surface area contributed by atoms with E-state index in [4.69, 9.17) is 4.74 Å². The molecule has 5 nitrogen and oxygen atoms in total. The molecule has 1 fully saturated rings. The van der Waals surface area contributed by atoms with Gasteiger partial charge in [-0.2, -0.15) is 11.8 Å². The molecule has 1 aromatic heterocycles. The molecule has 1 saturated carbocycles. The minimum Gasteiger partial charge on any atom is -0.464 e. The van der Waals surface area contributed by atoms with Crippen LogP contribution in [0.5, 0.6) is 0 Å². The third-order valence-electron chi connectivity index (χ3n) is 4.11. The molecule has 0 unspecified atom stereocenters. The summed E-state index contributed by atoms with van der Waals surface area (Å²) in [5.41, 5.74) is 2.28. The second kappa shape index (κ2) is 6.75. The van der Waals surface area contributed by atoms with Gasteiger partial charge in [0.2, 0.25) is 0 Å². The Morgan fingerprint density at radius 3 is 2.86 bits per heavy atom. The fourth-order valence-electron chi connectivity index (χ4n) is 2.97. The quantitative estimate of drug-likeness (QED) is 0.862. The van der Waals surface area contributed by atoms with Gasteiger partial charge in [0.25, 0.3) is 0 Å². The number of nitrogens with one attached hydrogen (secondary N) is 1. The summed E-state index contributed by atoms with van der Waals surface area (Å²) in [6.45, 7) is 1.36. The van der Waals surface area contributed by atoms with Crippen LogP contribution < -0.4 is 5.32 Å². The lowest BCUT2D eigenvalue weighted by molar-refractivity contribution is 0.0592. The number of thioether (sulfide) groups is 1. The summed E-state index contributed by atoms with van der Waals surface area (Å²) in [6.07, 6.45) is 6.62. The number of ether oxygens (including phenoxy) is 1. The summed E-state index contributed by atoms with van der Waals surface area (Å²) in [5.74, 6) is 1.18. The molecule has 1 N–H and O–H groups in total. The number of carbonyl (C=O) groups excluding carboxylic acids is 1. The molecule has 2 aliphatic rings. The molecule has 21 heavy (non-hydrogen) atoms. The number of carbonyl (C=O) groups is 1. The number of hydrogen-bond donors (Lipinski definition) is 1. The number of aromatic nitrogens is 2. The average Bonchev–Trinajstić information content (AvgIpc) is 3.00. The van der Waals surface area contributed by atoms with E-state index in [9.17, 15) is 4.79 Å². The summed E-state index contributed by atoms with van der Waals surface area (Å²) >= 11 is 1.93. The van der Waals surface area contributed by atoms with Crippen LogP contribution in [0.25, 0.3) is 0 Å². The highest BCUT2D eigenvalue weighted by atomic mass is 32.2. The minimum atomic E-state index is -0.360. The predicted octanol–water partition coefficient (Wildman–Crippen LogP) is 2.43. The van der Waals surface area contributed by atoms with E-state index in [2.05, 4.69) is 15.3 Å². The number of rotatable bonds is 4. The molecule has 1 aliphatic heterocycles. The van der Waals surface area contributed by atoms with Gasteiger partial charge in [0.1, 0.15) is 5.82 Å². The van der Waals surface area contributed by atoms with Gasteiger partial charge in [-0.05, 0) is 12.8 Å². The van der Waals surface area contributed by atoms with Crippen molar-refractivity contribution >= 4 is 17.7 Å². The van der Waals surface area contributed by atoms with Gasteiger partial charge in [0, 0.05) is 23.9 Å². The molecule has 0 bridgehead atoms. The highest BCUT2D eigenvalue weighted by Gasteiger charge is 2.24. The number of methoxy groups -OCH3 is 1. The van der Waals surface area contributed by atoms with Crippen molar-refractivity contribution in [2.45, 2.75) is 56.2 Å². The summed E-state index contributed by atoms with van der Waals surface area (Å²) < 4.78 is 4.85. The highest BCUT2D eigenvalue weighted by molar-refractivity contribution is 7.99. The highest BCUT2D eigenvalue weighted by Crippen LogP contribution is 2.30. The van der Waals surface area contributed by atoms with Crippen LogP contribution in [0.3, 0.4) is 0 Å². The van der Waals surface area contributed by atoms with Crippen molar-refractivity contribution < 1.29 is 9.53 Å². The second-order valence-electron chi connectivity index (χ2n) is 5.58. The van der Waals surface area contributed by atoms with Gasteiger partial charge in [-0.15, -0.1) is 0 Å². The summed E-state index contributed by atoms with van der Waals surface area (Å²) in [6, 6.07) is 0. The first-order valence-corrected chi connectivity index (χ1v) is 8.62. The van der Waals surface area contributed by atoms with E-state index in [1.54, 1.807) is 0 Å². The molecule has 2 heterocycles. The number of nitrogens with zero attached hydrogens (tertiary/aromatic N) is 2. The maximum Gasteiger partial charge on any atom is 0.357 e. The van der Waals surface area contributed by atoms with Crippen molar-refractivity contribution in [3.63, 3.8) is 0 Å². The summed E-state index contributed by atoms with van der Waals surface area (Å²) in [5, 5.41) is 3.94. The smallest absolute Gasteiger partial charge is 0.357 e. The molecule has 1 aromatic rings.